The van der Waals surface area contributed by atoms with E-state index in [1.165, 1.54) is 16.7 Å². The van der Waals surface area contributed by atoms with E-state index < -0.39 is 0 Å². The smallest absolute Gasteiger partial charge is 0.154 e. The Morgan fingerprint density at radius 2 is 1.81 bits per heavy atom. The summed E-state index contributed by atoms with van der Waals surface area (Å²) in [4.78, 5) is 9.24. The largest absolute Gasteiger partial charge is 0.382 e. The van der Waals surface area contributed by atoms with Gasteiger partial charge >= 0.3 is 0 Å². The molecule has 0 unspecified atom stereocenters. The maximum absolute atomic E-state index is 6.23. The molecule has 4 rings (SSSR count). The number of anilines is 2. The van der Waals surface area contributed by atoms with Crippen molar-refractivity contribution in [2.45, 2.75) is 32.9 Å². The van der Waals surface area contributed by atoms with Crippen LogP contribution in [0.15, 0.2) is 60.7 Å². The number of nitrogens with two attached hydrogens (primary N) is 1. The average Bonchev–Trinajstić information content (AvgIpc) is 3.10. The standard InChI is InChI=1S/C25H29N5O/c1-18-9-6-7-12-20(18)16-27-22-15-21-24(25(26)28-22)29-23(30(21)2)13-8-14-31-17-19-10-4-3-5-11-19/h3-7,9-12,15H,8,13-14,16-17H2,1-2H3,(H3,26,27,28). The highest BCUT2D eigenvalue weighted by Gasteiger charge is 2.13. The highest BCUT2D eigenvalue weighted by atomic mass is 16.5. The van der Waals surface area contributed by atoms with Crippen LogP contribution in [0, 0.1) is 6.92 Å². The molecule has 2 aromatic heterocycles. The summed E-state index contributed by atoms with van der Waals surface area (Å²) in [5.74, 6) is 2.20. The molecule has 2 aromatic carbocycles. The van der Waals surface area contributed by atoms with Crippen LogP contribution in [-0.2, 0) is 31.4 Å². The molecule has 0 saturated heterocycles. The van der Waals surface area contributed by atoms with E-state index >= 15 is 0 Å². The van der Waals surface area contributed by atoms with E-state index in [0.29, 0.717) is 25.6 Å². The van der Waals surface area contributed by atoms with Crippen LogP contribution in [0.2, 0.25) is 0 Å². The molecule has 0 bridgehead atoms. The van der Waals surface area contributed by atoms with Crippen LogP contribution in [0.3, 0.4) is 0 Å². The first-order valence-corrected chi connectivity index (χ1v) is 10.6. The first-order valence-electron chi connectivity index (χ1n) is 10.6. The van der Waals surface area contributed by atoms with Gasteiger partial charge in [-0.1, -0.05) is 54.6 Å². The van der Waals surface area contributed by atoms with Crippen molar-refractivity contribution in [3.05, 3.63) is 83.2 Å². The predicted molar refractivity (Wildman–Crippen MR) is 126 cm³/mol. The van der Waals surface area contributed by atoms with Gasteiger partial charge in [0, 0.05) is 32.7 Å². The average molecular weight is 416 g/mol. The van der Waals surface area contributed by atoms with Crippen molar-refractivity contribution in [1.82, 2.24) is 14.5 Å². The SMILES string of the molecule is Cc1ccccc1CNc1cc2c(nc(CCCOCc3ccccc3)n2C)c(N)n1. The summed E-state index contributed by atoms with van der Waals surface area (Å²) in [6, 6.07) is 20.6. The third kappa shape index (κ3) is 5.03. The number of aromatic nitrogens is 3. The quantitative estimate of drug-likeness (QED) is 0.390. The summed E-state index contributed by atoms with van der Waals surface area (Å²) in [6.45, 7) is 4.14. The second kappa shape index (κ2) is 9.62. The Hall–Kier alpha value is -3.38. The zero-order valence-corrected chi connectivity index (χ0v) is 18.1. The molecule has 0 aliphatic carbocycles. The Morgan fingerprint density at radius 1 is 1.03 bits per heavy atom. The topological polar surface area (TPSA) is 78.0 Å². The highest BCUT2D eigenvalue weighted by Crippen LogP contribution is 2.24. The fraction of sp³-hybridized carbons (Fsp3) is 0.280. The molecule has 0 radical (unpaired) electrons. The van der Waals surface area contributed by atoms with Crippen molar-refractivity contribution >= 4 is 22.7 Å². The van der Waals surface area contributed by atoms with E-state index in [9.17, 15) is 0 Å². The fourth-order valence-corrected chi connectivity index (χ4v) is 3.66. The molecule has 0 atom stereocenters. The second-order valence-electron chi connectivity index (χ2n) is 7.77. The van der Waals surface area contributed by atoms with Crippen LogP contribution >= 0.6 is 0 Å². The van der Waals surface area contributed by atoms with Gasteiger partial charge in [-0.15, -0.1) is 0 Å². The molecule has 0 saturated carbocycles. The Morgan fingerprint density at radius 3 is 2.61 bits per heavy atom. The molecular weight excluding hydrogens is 386 g/mol. The van der Waals surface area contributed by atoms with Gasteiger partial charge in [-0.25, -0.2) is 9.97 Å². The number of nitrogen functional groups attached to an aromatic ring is 1. The molecular formula is C25H29N5O. The number of imidazole rings is 1. The van der Waals surface area contributed by atoms with Crippen LogP contribution in [0.1, 0.15) is 28.9 Å². The third-order valence-electron chi connectivity index (χ3n) is 5.51. The minimum absolute atomic E-state index is 0.451. The van der Waals surface area contributed by atoms with Crippen LogP contribution in [0.25, 0.3) is 11.0 Å². The predicted octanol–water partition coefficient (Wildman–Crippen LogP) is 4.62. The third-order valence-corrected chi connectivity index (χ3v) is 5.51. The van der Waals surface area contributed by atoms with Gasteiger partial charge in [-0.3, -0.25) is 0 Å². The molecule has 0 amide bonds. The number of aryl methyl sites for hydroxylation is 3. The molecule has 0 aliphatic heterocycles. The summed E-state index contributed by atoms with van der Waals surface area (Å²) in [5.41, 5.74) is 11.6. The van der Waals surface area contributed by atoms with Crippen molar-refractivity contribution < 1.29 is 4.74 Å². The molecule has 0 spiro atoms. The van der Waals surface area contributed by atoms with Gasteiger partial charge in [0.1, 0.15) is 17.2 Å². The minimum Gasteiger partial charge on any atom is -0.382 e. The number of nitrogens with zero attached hydrogens (tertiary/aromatic N) is 3. The van der Waals surface area contributed by atoms with Gasteiger partial charge in [-0.2, -0.15) is 0 Å². The lowest BCUT2D eigenvalue weighted by Crippen LogP contribution is -2.05. The summed E-state index contributed by atoms with van der Waals surface area (Å²) < 4.78 is 7.90. The molecule has 4 aromatic rings. The van der Waals surface area contributed by atoms with E-state index in [0.717, 1.165) is 35.5 Å². The van der Waals surface area contributed by atoms with Crippen LogP contribution in [-0.4, -0.2) is 21.1 Å². The number of hydrogen-bond donors (Lipinski definition) is 2. The minimum atomic E-state index is 0.451. The molecule has 160 valence electrons. The van der Waals surface area contributed by atoms with Crippen molar-refractivity contribution in [1.29, 1.82) is 0 Å². The molecule has 6 heteroatoms. The molecule has 6 nitrogen and oxygen atoms in total. The molecule has 0 fully saturated rings. The lowest BCUT2D eigenvalue weighted by atomic mass is 10.1. The summed E-state index contributed by atoms with van der Waals surface area (Å²) >= 11 is 0. The number of ether oxygens (including phenoxy) is 1. The van der Waals surface area contributed by atoms with Gasteiger partial charge in [0.15, 0.2) is 5.82 Å². The van der Waals surface area contributed by atoms with Crippen molar-refractivity contribution in [3.63, 3.8) is 0 Å². The molecule has 3 N–H and O–H groups in total. The van der Waals surface area contributed by atoms with Crippen molar-refractivity contribution in [2.75, 3.05) is 17.7 Å². The van der Waals surface area contributed by atoms with Gasteiger partial charge in [0.05, 0.1) is 12.1 Å². The number of nitrogens with one attached hydrogen (secondary N) is 1. The van der Waals surface area contributed by atoms with E-state index in [2.05, 4.69) is 46.1 Å². The Labute approximate surface area is 183 Å². The maximum Gasteiger partial charge on any atom is 0.154 e. The lowest BCUT2D eigenvalue weighted by molar-refractivity contribution is 0.118. The van der Waals surface area contributed by atoms with Gasteiger partial charge in [0.2, 0.25) is 0 Å². The van der Waals surface area contributed by atoms with Crippen LogP contribution in [0.4, 0.5) is 11.6 Å². The Kier molecular flexibility index (Phi) is 6.48. The van der Waals surface area contributed by atoms with Gasteiger partial charge in [-0.05, 0) is 30.0 Å². The number of rotatable bonds is 9. The Balaban J connectivity index is 1.38. The van der Waals surface area contributed by atoms with Crippen molar-refractivity contribution in [3.8, 4) is 0 Å². The normalized spacial score (nSPS) is 11.2. The van der Waals surface area contributed by atoms with E-state index in [1.54, 1.807) is 0 Å². The van der Waals surface area contributed by atoms with Gasteiger partial charge < -0.3 is 20.4 Å². The zero-order valence-electron chi connectivity index (χ0n) is 18.1. The van der Waals surface area contributed by atoms with Crippen LogP contribution < -0.4 is 11.1 Å². The Bertz CT molecular complexity index is 1150. The first-order chi connectivity index (χ1) is 15.1. The fourth-order valence-electron chi connectivity index (χ4n) is 3.66. The van der Waals surface area contributed by atoms with E-state index in [-0.39, 0.29) is 0 Å². The molecule has 2 heterocycles. The first kappa shape index (κ1) is 20.9. The van der Waals surface area contributed by atoms with E-state index in [1.807, 2.05) is 43.4 Å². The molecule has 31 heavy (non-hydrogen) atoms. The number of fused-ring (bicyclic) bond motifs is 1. The number of benzene rings is 2. The second-order valence-corrected chi connectivity index (χ2v) is 7.77. The highest BCUT2D eigenvalue weighted by molar-refractivity contribution is 5.87. The summed E-state index contributed by atoms with van der Waals surface area (Å²) in [5, 5.41) is 3.39. The maximum atomic E-state index is 6.23. The zero-order chi connectivity index (χ0) is 21.6. The summed E-state index contributed by atoms with van der Waals surface area (Å²) in [7, 11) is 2.03. The van der Waals surface area contributed by atoms with Crippen molar-refractivity contribution in [2.24, 2.45) is 7.05 Å². The number of pyridine rings is 1. The van der Waals surface area contributed by atoms with E-state index in [4.69, 9.17) is 15.5 Å². The monoisotopic (exact) mass is 415 g/mol. The summed E-state index contributed by atoms with van der Waals surface area (Å²) in [6.07, 6.45) is 1.72. The van der Waals surface area contributed by atoms with Crippen LogP contribution in [0.5, 0.6) is 0 Å². The van der Waals surface area contributed by atoms with Gasteiger partial charge in [0.25, 0.3) is 0 Å². The number of hydrogen-bond acceptors (Lipinski definition) is 5. The lowest BCUT2D eigenvalue weighted by Gasteiger charge is -2.09. The molecule has 0 aliphatic rings.